The van der Waals surface area contributed by atoms with E-state index in [2.05, 4.69) is 31.0 Å². The number of halogens is 3. The van der Waals surface area contributed by atoms with E-state index in [4.69, 9.17) is 0 Å². The number of alkyl halides is 3. The largest absolute Gasteiger partial charge is 0.390 e. The number of nitrogens with zero attached hydrogens (tertiary/aromatic N) is 5. The van der Waals surface area contributed by atoms with Gasteiger partial charge < -0.3 is 10.2 Å². The van der Waals surface area contributed by atoms with E-state index < -0.39 is 12.6 Å². The van der Waals surface area contributed by atoms with E-state index in [0.717, 1.165) is 21.0 Å². The van der Waals surface area contributed by atoms with Gasteiger partial charge in [-0.1, -0.05) is 11.3 Å². The second kappa shape index (κ2) is 9.33. The molecule has 8 nitrogen and oxygen atoms in total. The van der Waals surface area contributed by atoms with Gasteiger partial charge in [-0.2, -0.15) is 13.2 Å². The van der Waals surface area contributed by atoms with Gasteiger partial charge in [-0.3, -0.25) is 5.32 Å². The van der Waals surface area contributed by atoms with E-state index in [9.17, 15) is 18.0 Å². The van der Waals surface area contributed by atoms with Crippen LogP contribution in [0.2, 0.25) is 0 Å². The van der Waals surface area contributed by atoms with E-state index in [1.54, 1.807) is 11.0 Å². The fourth-order valence-corrected chi connectivity index (χ4v) is 4.23. The first kappa shape index (κ1) is 22.3. The monoisotopic (exact) mass is 465 g/mol. The van der Waals surface area contributed by atoms with Crippen molar-refractivity contribution >= 4 is 34.1 Å². The molecule has 1 saturated heterocycles. The normalized spacial score (nSPS) is 15.3. The molecule has 0 saturated carbocycles. The summed E-state index contributed by atoms with van der Waals surface area (Å²) in [6, 6.07) is 7.10. The lowest BCUT2D eigenvalue weighted by atomic mass is 10.1. The smallest absolute Gasteiger partial charge is 0.324 e. The predicted molar refractivity (Wildman–Crippen MR) is 115 cm³/mol. The summed E-state index contributed by atoms with van der Waals surface area (Å²) in [6.07, 6.45) is -3.82. The Bertz CT molecular complexity index is 1100. The number of nitrogens with one attached hydrogen (secondary N) is 2. The molecule has 0 atom stereocenters. The first-order chi connectivity index (χ1) is 15.3. The molecule has 32 heavy (non-hydrogen) atoms. The van der Waals surface area contributed by atoms with Gasteiger partial charge in [0.1, 0.15) is 10.0 Å². The number of amides is 2. The highest BCUT2D eigenvalue weighted by atomic mass is 32.1. The third-order valence-corrected chi connectivity index (χ3v) is 6.10. The number of rotatable bonds is 5. The van der Waals surface area contributed by atoms with Crippen molar-refractivity contribution in [2.75, 3.05) is 25.0 Å². The second-order valence-electron chi connectivity index (χ2n) is 7.64. The van der Waals surface area contributed by atoms with Crippen molar-refractivity contribution in [1.29, 1.82) is 0 Å². The number of piperidine rings is 1. The molecular weight excluding hydrogens is 443 g/mol. The van der Waals surface area contributed by atoms with Crippen LogP contribution in [0.15, 0.2) is 24.3 Å². The molecule has 3 heterocycles. The Morgan fingerprint density at radius 2 is 1.94 bits per heavy atom. The molecule has 0 bridgehead atoms. The van der Waals surface area contributed by atoms with Crippen LogP contribution in [-0.4, -0.2) is 63.2 Å². The molecule has 0 spiro atoms. The molecule has 12 heteroatoms. The molecule has 0 radical (unpaired) electrons. The van der Waals surface area contributed by atoms with Crippen molar-refractivity contribution in [3.63, 3.8) is 0 Å². The Hall–Kier alpha value is -2.86. The van der Waals surface area contributed by atoms with E-state index in [-0.39, 0.29) is 18.6 Å². The van der Waals surface area contributed by atoms with Gasteiger partial charge >= 0.3 is 12.2 Å². The summed E-state index contributed by atoms with van der Waals surface area (Å²) in [6.45, 7) is 2.70. The molecule has 1 fully saturated rings. The first-order valence-electron chi connectivity index (χ1n) is 10.2. The highest BCUT2D eigenvalue weighted by molar-refractivity contribution is 7.14. The summed E-state index contributed by atoms with van der Waals surface area (Å²) in [5.41, 5.74) is 1.60. The van der Waals surface area contributed by atoms with E-state index in [1.165, 1.54) is 11.3 Å². The SMILES string of the molecule is Cc1nnc(-c2ccc3nnc(NC(=O)N4CCC(NCCC(F)(F)F)CC4)cc3c2)s1. The van der Waals surface area contributed by atoms with Crippen molar-refractivity contribution in [3.05, 3.63) is 29.3 Å². The standard InChI is InChI=1S/C20H22F3N7OS/c1-12-26-29-18(32-12)13-2-3-16-14(10-13)11-17(28-27-16)25-19(31)30-8-4-15(5-9-30)24-7-6-20(21,22)23/h2-3,10-11,15,24H,4-9H2,1H3,(H,25,28,31). The van der Waals surface area contributed by atoms with E-state index in [0.29, 0.717) is 37.3 Å². The van der Waals surface area contributed by atoms with Gasteiger partial charge in [0.25, 0.3) is 0 Å². The van der Waals surface area contributed by atoms with Crippen LogP contribution in [0.1, 0.15) is 24.3 Å². The lowest BCUT2D eigenvalue weighted by molar-refractivity contribution is -0.133. The summed E-state index contributed by atoms with van der Waals surface area (Å²) in [7, 11) is 0. The van der Waals surface area contributed by atoms with Gasteiger partial charge in [-0.15, -0.1) is 20.4 Å². The minimum Gasteiger partial charge on any atom is -0.324 e. The maximum absolute atomic E-state index is 12.6. The van der Waals surface area contributed by atoms with Crippen molar-refractivity contribution in [2.24, 2.45) is 0 Å². The van der Waals surface area contributed by atoms with Crippen LogP contribution in [0.25, 0.3) is 21.5 Å². The van der Waals surface area contributed by atoms with Crippen LogP contribution in [0.4, 0.5) is 23.8 Å². The fraction of sp³-hybridized carbons (Fsp3) is 0.450. The molecule has 1 aliphatic heterocycles. The van der Waals surface area contributed by atoms with Crippen molar-refractivity contribution in [2.45, 2.75) is 38.4 Å². The van der Waals surface area contributed by atoms with Crippen LogP contribution in [0.3, 0.4) is 0 Å². The number of likely N-dealkylation sites (tertiary alicyclic amines) is 1. The van der Waals surface area contributed by atoms with Crippen LogP contribution in [-0.2, 0) is 0 Å². The molecule has 170 valence electrons. The molecule has 1 aliphatic rings. The third kappa shape index (κ3) is 5.68. The number of hydrogen-bond donors (Lipinski definition) is 2. The van der Waals surface area contributed by atoms with E-state index >= 15 is 0 Å². The van der Waals surface area contributed by atoms with Crippen LogP contribution < -0.4 is 10.6 Å². The van der Waals surface area contributed by atoms with Crippen LogP contribution in [0.5, 0.6) is 0 Å². The number of fused-ring (bicyclic) bond motifs is 1. The zero-order valence-corrected chi connectivity index (χ0v) is 18.1. The summed E-state index contributed by atoms with van der Waals surface area (Å²) in [4.78, 5) is 14.2. The third-order valence-electron chi connectivity index (χ3n) is 5.22. The lowest BCUT2D eigenvalue weighted by Gasteiger charge is -2.32. The quantitative estimate of drug-likeness (QED) is 0.592. The van der Waals surface area contributed by atoms with Gasteiger partial charge in [0.15, 0.2) is 5.82 Å². The van der Waals surface area contributed by atoms with Gasteiger partial charge in [-0.25, -0.2) is 4.79 Å². The van der Waals surface area contributed by atoms with Crippen molar-refractivity contribution < 1.29 is 18.0 Å². The highest BCUT2D eigenvalue weighted by Crippen LogP contribution is 2.27. The summed E-state index contributed by atoms with van der Waals surface area (Å²) >= 11 is 1.49. The Labute approximate surface area is 186 Å². The minimum atomic E-state index is -4.16. The topological polar surface area (TPSA) is 95.9 Å². The highest BCUT2D eigenvalue weighted by Gasteiger charge is 2.28. The second-order valence-corrected chi connectivity index (χ2v) is 8.82. The lowest BCUT2D eigenvalue weighted by Crippen LogP contribution is -2.46. The molecule has 2 N–H and O–H groups in total. The molecule has 0 aliphatic carbocycles. The molecule has 0 unspecified atom stereocenters. The predicted octanol–water partition coefficient (Wildman–Crippen LogP) is 4.00. The number of anilines is 1. The minimum absolute atomic E-state index is 0.0238. The first-order valence-corrected chi connectivity index (χ1v) is 11.0. The number of aryl methyl sites for hydroxylation is 1. The fourth-order valence-electron chi connectivity index (χ4n) is 3.55. The maximum atomic E-state index is 12.6. The van der Waals surface area contributed by atoms with Gasteiger partial charge in [0.05, 0.1) is 11.9 Å². The number of aromatic nitrogens is 4. The molecular formula is C20H22F3N7OS. The average molecular weight is 466 g/mol. The molecule has 2 aromatic heterocycles. The molecule has 4 rings (SSSR count). The number of benzene rings is 1. The Balaban J connectivity index is 1.34. The number of carbonyl (C=O) groups is 1. The molecule has 3 aromatic rings. The Morgan fingerprint density at radius 3 is 2.62 bits per heavy atom. The number of urea groups is 1. The van der Waals surface area contributed by atoms with Crippen LogP contribution in [0, 0.1) is 6.92 Å². The summed E-state index contributed by atoms with van der Waals surface area (Å²) in [5.74, 6) is 0.332. The average Bonchev–Trinajstić information content (AvgIpc) is 3.19. The zero-order chi connectivity index (χ0) is 22.7. The zero-order valence-electron chi connectivity index (χ0n) is 17.3. The van der Waals surface area contributed by atoms with Crippen molar-refractivity contribution in [1.82, 2.24) is 30.6 Å². The number of hydrogen-bond acceptors (Lipinski definition) is 7. The maximum Gasteiger partial charge on any atom is 0.390 e. The number of carbonyl (C=O) groups excluding carboxylic acids is 1. The Kier molecular flexibility index (Phi) is 6.51. The van der Waals surface area contributed by atoms with Crippen LogP contribution >= 0.6 is 11.3 Å². The Morgan fingerprint density at radius 1 is 1.16 bits per heavy atom. The molecule has 1 aromatic carbocycles. The van der Waals surface area contributed by atoms with Gasteiger partial charge in [0, 0.05) is 36.6 Å². The van der Waals surface area contributed by atoms with Gasteiger partial charge in [0.2, 0.25) is 0 Å². The summed E-state index contributed by atoms with van der Waals surface area (Å²) < 4.78 is 36.8. The molecule has 2 amide bonds. The van der Waals surface area contributed by atoms with Gasteiger partial charge in [-0.05, 0) is 44.0 Å². The van der Waals surface area contributed by atoms with E-state index in [1.807, 2.05) is 25.1 Å². The summed E-state index contributed by atoms with van der Waals surface area (Å²) in [5, 5.41) is 24.6. The van der Waals surface area contributed by atoms with Crippen molar-refractivity contribution in [3.8, 4) is 10.6 Å².